The van der Waals surface area contributed by atoms with E-state index in [0.717, 1.165) is 44.3 Å². The van der Waals surface area contributed by atoms with Gasteiger partial charge in [0.25, 0.3) is 0 Å². The molecule has 3 N–H and O–H groups in total. The molecular weight excluding hydrogens is 322 g/mol. The van der Waals surface area contributed by atoms with Crippen molar-refractivity contribution < 1.29 is 14.9 Å². The van der Waals surface area contributed by atoms with Crippen LogP contribution in [0.1, 0.15) is 31.2 Å². The molecule has 112 valence electrons. The molecule has 0 heterocycles. The first-order valence-corrected chi connectivity index (χ1v) is 7.83. The Hall–Kier alpha value is -0.780. The third-order valence-corrected chi connectivity index (χ3v) is 4.49. The lowest BCUT2D eigenvalue weighted by Crippen LogP contribution is -2.27. The summed E-state index contributed by atoms with van der Waals surface area (Å²) in [5.74, 6) is 1.27. The van der Waals surface area contributed by atoms with Crippen LogP contribution in [0.2, 0.25) is 0 Å². The first kappa shape index (κ1) is 15.6. The molecule has 1 saturated carbocycles. The van der Waals surface area contributed by atoms with E-state index in [9.17, 15) is 10.2 Å². The molecule has 0 spiro atoms. The Morgan fingerprint density at radius 3 is 2.65 bits per heavy atom. The maximum atomic E-state index is 9.76. The summed E-state index contributed by atoms with van der Waals surface area (Å²) in [4.78, 5) is 0. The Morgan fingerprint density at radius 2 is 2.00 bits per heavy atom. The molecule has 0 aromatic heterocycles. The van der Waals surface area contributed by atoms with Crippen LogP contribution in [0.3, 0.4) is 0 Å². The van der Waals surface area contributed by atoms with E-state index in [1.807, 2.05) is 12.1 Å². The van der Waals surface area contributed by atoms with E-state index in [1.165, 1.54) is 0 Å². The van der Waals surface area contributed by atoms with Gasteiger partial charge in [0.15, 0.2) is 11.5 Å². The SMILES string of the molecule is COc1cc(CNCC2CCC(O)CC2)cc(Br)c1O. The second-order valence-electron chi connectivity index (χ2n) is 5.43. The van der Waals surface area contributed by atoms with Crippen molar-refractivity contribution in [2.75, 3.05) is 13.7 Å². The molecule has 1 aliphatic carbocycles. The summed E-state index contributed by atoms with van der Waals surface area (Å²) in [6.45, 7) is 1.71. The number of methoxy groups -OCH3 is 1. The Bertz CT molecular complexity index is 445. The molecule has 4 nitrogen and oxygen atoms in total. The van der Waals surface area contributed by atoms with Gasteiger partial charge in [-0.1, -0.05) is 0 Å². The van der Waals surface area contributed by atoms with Crippen LogP contribution in [0.5, 0.6) is 11.5 Å². The number of benzene rings is 1. The molecule has 0 unspecified atom stereocenters. The number of aliphatic hydroxyl groups is 1. The number of hydrogen-bond donors (Lipinski definition) is 3. The van der Waals surface area contributed by atoms with Crippen molar-refractivity contribution in [3.05, 3.63) is 22.2 Å². The lowest BCUT2D eigenvalue weighted by atomic mass is 9.87. The second kappa shape index (κ2) is 7.29. The van der Waals surface area contributed by atoms with E-state index >= 15 is 0 Å². The summed E-state index contributed by atoms with van der Waals surface area (Å²) >= 11 is 3.33. The highest BCUT2D eigenvalue weighted by molar-refractivity contribution is 9.10. The standard InChI is InChI=1S/C15H22BrNO3/c1-20-14-7-11(6-13(16)15(14)19)9-17-8-10-2-4-12(18)5-3-10/h6-7,10,12,17-19H,2-5,8-9H2,1H3. The van der Waals surface area contributed by atoms with Crippen LogP contribution < -0.4 is 10.1 Å². The fourth-order valence-electron chi connectivity index (χ4n) is 2.65. The number of aromatic hydroxyl groups is 1. The number of hydrogen-bond acceptors (Lipinski definition) is 4. The highest BCUT2D eigenvalue weighted by atomic mass is 79.9. The minimum absolute atomic E-state index is 0.0939. The van der Waals surface area contributed by atoms with Crippen LogP contribution in [0.25, 0.3) is 0 Å². The molecular formula is C15H22BrNO3. The maximum absolute atomic E-state index is 9.76. The van der Waals surface area contributed by atoms with Crippen LogP contribution >= 0.6 is 15.9 Å². The number of phenols is 1. The number of ether oxygens (including phenoxy) is 1. The average molecular weight is 344 g/mol. The summed E-state index contributed by atoms with van der Waals surface area (Å²) in [6.07, 6.45) is 3.94. The molecule has 0 amide bonds. The van der Waals surface area contributed by atoms with Gasteiger partial charge in [-0.15, -0.1) is 0 Å². The predicted octanol–water partition coefficient (Wildman–Crippen LogP) is 2.80. The summed E-state index contributed by atoms with van der Waals surface area (Å²) in [6, 6.07) is 3.74. The normalized spacial score (nSPS) is 22.8. The first-order valence-electron chi connectivity index (χ1n) is 7.04. The van der Waals surface area contributed by atoms with Crippen molar-refractivity contribution in [3.8, 4) is 11.5 Å². The lowest BCUT2D eigenvalue weighted by Gasteiger charge is -2.25. The van der Waals surface area contributed by atoms with Crippen LogP contribution in [-0.2, 0) is 6.54 Å². The predicted molar refractivity (Wildman–Crippen MR) is 82.0 cm³/mol. The molecule has 20 heavy (non-hydrogen) atoms. The van der Waals surface area contributed by atoms with Crippen molar-refractivity contribution >= 4 is 15.9 Å². The molecule has 1 fully saturated rings. The van der Waals surface area contributed by atoms with Crippen molar-refractivity contribution in [1.82, 2.24) is 5.32 Å². The maximum Gasteiger partial charge on any atom is 0.172 e. The van der Waals surface area contributed by atoms with Gasteiger partial charge in [-0.05, 0) is 71.8 Å². The van der Waals surface area contributed by atoms with E-state index < -0.39 is 0 Å². The van der Waals surface area contributed by atoms with Crippen LogP contribution in [0.15, 0.2) is 16.6 Å². The van der Waals surface area contributed by atoms with E-state index in [-0.39, 0.29) is 11.9 Å². The molecule has 0 saturated heterocycles. The average Bonchev–Trinajstić information content (AvgIpc) is 2.44. The quantitative estimate of drug-likeness (QED) is 0.769. The van der Waals surface area contributed by atoms with Gasteiger partial charge in [-0.2, -0.15) is 0 Å². The Morgan fingerprint density at radius 1 is 1.30 bits per heavy atom. The van der Waals surface area contributed by atoms with E-state index in [2.05, 4.69) is 21.2 Å². The molecule has 0 radical (unpaired) electrons. The van der Waals surface area contributed by atoms with Gasteiger partial charge in [-0.3, -0.25) is 0 Å². The van der Waals surface area contributed by atoms with Crippen molar-refractivity contribution in [3.63, 3.8) is 0 Å². The minimum atomic E-state index is -0.0939. The van der Waals surface area contributed by atoms with Gasteiger partial charge >= 0.3 is 0 Å². The van der Waals surface area contributed by atoms with Gasteiger partial charge in [0.2, 0.25) is 0 Å². The monoisotopic (exact) mass is 343 g/mol. The topological polar surface area (TPSA) is 61.7 Å². The van der Waals surface area contributed by atoms with Crippen LogP contribution in [0, 0.1) is 5.92 Å². The minimum Gasteiger partial charge on any atom is -0.503 e. The molecule has 1 aromatic carbocycles. The number of rotatable bonds is 5. The Kier molecular flexibility index (Phi) is 5.69. The molecule has 0 aliphatic heterocycles. The van der Waals surface area contributed by atoms with Crippen LogP contribution in [0.4, 0.5) is 0 Å². The van der Waals surface area contributed by atoms with Gasteiger partial charge in [0.1, 0.15) is 0 Å². The summed E-state index contributed by atoms with van der Waals surface area (Å²) < 4.78 is 5.79. The van der Waals surface area contributed by atoms with Crippen molar-refractivity contribution in [1.29, 1.82) is 0 Å². The van der Waals surface area contributed by atoms with Gasteiger partial charge < -0.3 is 20.3 Å². The first-order chi connectivity index (χ1) is 9.60. The third kappa shape index (κ3) is 4.11. The number of aliphatic hydroxyl groups excluding tert-OH is 1. The second-order valence-corrected chi connectivity index (χ2v) is 6.29. The van der Waals surface area contributed by atoms with Crippen molar-refractivity contribution in [2.45, 2.75) is 38.3 Å². The smallest absolute Gasteiger partial charge is 0.172 e. The van der Waals surface area contributed by atoms with Crippen LogP contribution in [-0.4, -0.2) is 30.0 Å². The van der Waals surface area contributed by atoms with Gasteiger partial charge in [0, 0.05) is 6.54 Å². The van der Waals surface area contributed by atoms with E-state index in [0.29, 0.717) is 16.1 Å². The van der Waals surface area contributed by atoms with E-state index in [1.54, 1.807) is 7.11 Å². The molecule has 1 aliphatic rings. The highest BCUT2D eigenvalue weighted by Gasteiger charge is 2.18. The van der Waals surface area contributed by atoms with E-state index in [4.69, 9.17) is 4.74 Å². The molecule has 2 rings (SSSR count). The lowest BCUT2D eigenvalue weighted by molar-refractivity contribution is 0.108. The molecule has 0 atom stereocenters. The zero-order valence-electron chi connectivity index (χ0n) is 11.7. The largest absolute Gasteiger partial charge is 0.503 e. The zero-order chi connectivity index (χ0) is 14.5. The fraction of sp³-hybridized carbons (Fsp3) is 0.600. The number of nitrogens with one attached hydrogen (secondary N) is 1. The Labute approximate surface area is 128 Å². The molecule has 1 aromatic rings. The molecule has 0 bridgehead atoms. The van der Waals surface area contributed by atoms with Gasteiger partial charge in [0.05, 0.1) is 17.7 Å². The van der Waals surface area contributed by atoms with Gasteiger partial charge in [-0.25, -0.2) is 0 Å². The molecule has 5 heteroatoms. The summed E-state index contributed by atoms with van der Waals surface area (Å²) in [7, 11) is 1.55. The Balaban J connectivity index is 1.83. The third-order valence-electron chi connectivity index (χ3n) is 3.89. The zero-order valence-corrected chi connectivity index (χ0v) is 13.3. The fourth-order valence-corrected chi connectivity index (χ4v) is 3.14. The number of phenolic OH excluding ortho intramolecular Hbond substituents is 1. The summed E-state index contributed by atoms with van der Waals surface area (Å²) in [5.41, 5.74) is 1.07. The highest BCUT2D eigenvalue weighted by Crippen LogP contribution is 2.35. The summed E-state index contributed by atoms with van der Waals surface area (Å²) in [5, 5.41) is 22.7. The number of halogens is 1. The van der Waals surface area contributed by atoms with Crippen molar-refractivity contribution in [2.24, 2.45) is 5.92 Å².